The van der Waals surface area contributed by atoms with Gasteiger partial charge >= 0.3 is 0 Å². The SMILES string of the molecule is COc1ccc(CN(C(=O)CCC2CCNCC2)C2CC2)cc1. The third kappa shape index (κ3) is 4.71. The van der Waals surface area contributed by atoms with Crippen LogP contribution in [0.15, 0.2) is 24.3 Å². The molecule has 4 heteroatoms. The number of methoxy groups -OCH3 is 1. The van der Waals surface area contributed by atoms with Crippen LogP contribution in [-0.4, -0.2) is 37.0 Å². The Hall–Kier alpha value is -1.55. The first-order valence-corrected chi connectivity index (χ1v) is 8.89. The standard InChI is InChI=1S/C19H28N2O2/c1-23-18-7-2-16(3-8-18)14-21(17-5-6-17)19(22)9-4-15-10-12-20-13-11-15/h2-3,7-8,15,17,20H,4-6,9-14H2,1H3. The number of piperidine rings is 1. The Morgan fingerprint density at radius 1 is 1.17 bits per heavy atom. The molecule has 1 aromatic carbocycles. The third-order valence-corrected chi connectivity index (χ3v) is 5.05. The summed E-state index contributed by atoms with van der Waals surface area (Å²) in [6.45, 7) is 2.95. The quantitative estimate of drug-likeness (QED) is 0.841. The van der Waals surface area contributed by atoms with Gasteiger partial charge in [0.2, 0.25) is 5.91 Å². The second-order valence-electron chi connectivity index (χ2n) is 6.83. The minimum atomic E-state index is 0.335. The van der Waals surface area contributed by atoms with Gasteiger partial charge in [-0.05, 0) is 68.8 Å². The Morgan fingerprint density at radius 2 is 1.87 bits per heavy atom. The molecule has 126 valence electrons. The van der Waals surface area contributed by atoms with Crippen LogP contribution < -0.4 is 10.1 Å². The molecule has 4 nitrogen and oxygen atoms in total. The van der Waals surface area contributed by atoms with Crippen LogP contribution in [0.5, 0.6) is 5.75 Å². The Balaban J connectivity index is 1.53. The molecule has 2 fully saturated rings. The van der Waals surface area contributed by atoms with E-state index in [9.17, 15) is 4.79 Å². The summed E-state index contributed by atoms with van der Waals surface area (Å²) in [5, 5.41) is 3.39. The van der Waals surface area contributed by atoms with E-state index in [0.29, 0.717) is 18.4 Å². The van der Waals surface area contributed by atoms with Gasteiger partial charge in [-0.3, -0.25) is 4.79 Å². The van der Waals surface area contributed by atoms with Gasteiger partial charge in [0.15, 0.2) is 0 Å². The highest BCUT2D eigenvalue weighted by molar-refractivity contribution is 5.76. The first kappa shape index (κ1) is 16.3. The number of benzene rings is 1. The molecule has 0 aromatic heterocycles. The molecule has 1 heterocycles. The maximum atomic E-state index is 12.7. The van der Waals surface area contributed by atoms with Crippen molar-refractivity contribution in [3.63, 3.8) is 0 Å². The van der Waals surface area contributed by atoms with Crippen molar-refractivity contribution in [2.75, 3.05) is 20.2 Å². The molecule has 0 radical (unpaired) electrons. The minimum absolute atomic E-state index is 0.335. The number of amides is 1. The number of rotatable bonds is 7. The Labute approximate surface area is 139 Å². The number of hydrogen-bond donors (Lipinski definition) is 1. The van der Waals surface area contributed by atoms with Crippen LogP contribution in [0, 0.1) is 5.92 Å². The molecule has 3 rings (SSSR count). The number of carbonyl (C=O) groups excluding carboxylic acids is 1. The number of nitrogens with zero attached hydrogens (tertiary/aromatic N) is 1. The van der Waals surface area contributed by atoms with Gasteiger partial charge < -0.3 is 15.0 Å². The molecule has 23 heavy (non-hydrogen) atoms. The van der Waals surface area contributed by atoms with E-state index in [0.717, 1.165) is 50.6 Å². The van der Waals surface area contributed by atoms with Crippen molar-refractivity contribution in [2.45, 2.75) is 51.1 Å². The highest BCUT2D eigenvalue weighted by atomic mass is 16.5. The zero-order chi connectivity index (χ0) is 16.1. The average Bonchev–Trinajstić information content (AvgIpc) is 3.44. The Bertz CT molecular complexity index is 505. The van der Waals surface area contributed by atoms with Gasteiger partial charge in [-0.25, -0.2) is 0 Å². The smallest absolute Gasteiger partial charge is 0.223 e. The molecule has 1 amide bonds. The molecule has 0 atom stereocenters. The topological polar surface area (TPSA) is 41.6 Å². The summed E-state index contributed by atoms with van der Waals surface area (Å²) >= 11 is 0. The second-order valence-corrected chi connectivity index (χ2v) is 6.83. The molecule has 1 aliphatic carbocycles. The van der Waals surface area contributed by atoms with Crippen molar-refractivity contribution >= 4 is 5.91 Å². The van der Waals surface area contributed by atoms with E-state index in [1.54, 1.807) is 7.11 Å². The van der Waals surface area contributed by atoms with Crippen LogP contribution in [0.4, 0.5) is 0 Å². The first-order chi connectivity index (χ1) is 11.3. The normalized spacial score (nSPS) is 18.7. The fourth-order valence-electron chi connectivity index (χ4n) is 3.38. The third-order valence-electron chi connectivity index (χ3n) is 5.05. The highest BCUT2D eigenvalue weighted by Crippen LogP contribution is 2.30. The van der Waals surface area contributed by atoms with Gasteiger partial charge in [-0.1, -0.05) is 12.1 Å². The summed E-state index contributed by atoms with van der Waals surface area (Å²) in [5.41, 5.74) is 1.19. The fourth-order valence-corrected chi connectivity index (χ4v) is 3.38. The fraction of sp³-hybridized carbons (Fsp3) is 0.632. The Morgan fingerprint density at radius 3 is 2.48 bits per heavy atom. The van der Waals surface area contributed by atoms with E-state index in [-0.39, 0.29) is 0 Å². The number of ether oxygens (including phenoxy) is 1. The molecular weight excluding hydrogens is 288 g/mol. The molecule has 0 unspecified atom stereocenters. The van der Waals surface area contributed by atoms with E-state index < -0.39 is 0 Å². The largest absolute Gasteiger partial charge is 0.497 e. The summed E-state index contributed by atoms with van der Waals surface area (Å²) in [5.74, 6) is 1.92. The molecule has 2 aliphatic rings. The van der Waals surface area contributed by atoms with E-state index in [2.05, 4.69) is 22.3 Å². The van der Waals surface area contributed by atoms with Crippen LogP contribution in [0.25, 0.3) is 0 Å². The van der Waals surface area contributed by atoms with Gasteiger partial charge in [0, 0.05) is 19.0 Å². The van der Waals surface area contributed by atoms with E-state index in [4.69, 9.17) is 4.74 Å². The zero-order valence-electron chi connectivity index (χ0n) is 14.1. The van der Waals surface area contributed by atoms with Gasteiger partial charge in [-0.2, -0.15) is 0 Å². The number of hydrogen-bond acceptors (Lipinski definition) is 3. The van der Waals surface area contributed by atoms with E-state index in [1.165, 1.54) is 18.4 Å². The van der Waals surface area contributed by atoms with Crippen LogP contribution in [0.1, 0.15) is 44.1 Å². The van der Waals surface area contributed by atoms with Crippen LogP contribution in [-0.2, 0) is 11.3 Å². The second kappa shape index (κ2) is 7.82. The summed E-state index contributed by atoms with van der Waals surface area (Å²) in [6, 6.07) is 8.54. The number of carbonyl (C=O) groups is 1. The predicted octanol–water partition coefficient (Wildman–Crippen LogP) is 2.97. The molecular formula is C19H28N2O2. The summed E-state index contributed by atoms with van der Waals surface area (Å²) < 4.78 is 5.20. The monoisotopic (exact) mass is 316 g/mol. The van der Waals surface area contributed by atoms with Crippen molar-refractivity contribution in [2.24, 2.45) is 5.92 Å². The number of nitrogens with one attached hydrogen (secondary N) is 1. The average molecular weight is 316 g/mol. The molecule has 1 saturated carbocycles. The van der Waals surface area contributed by atoms with Crippen molar-refractivity contribution in [3.8, 4) is 5.75 Å². The van der Waals surface area contributed by atoms with Gasteiger partial charge in [0.05, 0.1) is 7.11 Å². The van der Waals surface area contributed by atoms with Gasteiger partial charge in [0.1, 0.15) is 5.75 Å². The first-order valence-electron chi connectivity index (χ1n) is 8.89. The molecule has 0 spiro atoms. The molecule has 1 aromatic rings. The maximum Gasteiger partial charge on any atom is 0.223 e. The lowest BCUT2D eigenvalue weighted by Gasteiger charge is -2.26. The highest BCUT2D eigenvalue weighted by Gasteiger charge is 2.32. The van der Waals surface area contributed by atoms with E-state index >= 15 is 0 Å². The summed E-state index contributed by atoms with van der Waals surface area (Å²) in [4.78, 5) is 14.8. The van der Waals surface area contributed by atoms with Crippen molar-refractivity contribution in [1.82, 2.24) is 10.2 Å². The van der Waals surface area contributed by atoms with E-state index in [1.807, 2.05) is 12.1 Å². The van der Waals surface area contributed by atoms with Crippen molar-refractivity contribution in [1.29, 1.82) is 0 Å². The van der Waals surface area contributed by atoms with Crippen LogP contribution >= 0.6 is 0 Å². The van der Waals surface area contributed by atoms with Gasteiger partial charge in [-0.15, -0.1) is 0 Å². The lowest BCUT2D eigenvalue weighted by Crippen LogP contribution is -2.33. The predicted molar refractivity (Wildman–Crippen MR) is 91.4 cm³/mol. The molecule has 0 bridgehead atoms. The van der Waals surface area contributed by atoms with Crippen LogP contribution in [0.3, 0.4) is 0 Å². The lowest BCUT2D eigenvalue weighted by atomic mass is 9.93. The molecule has 1 N–H and O–H groups in total. The maximum absolute atomic E-state index is 12.7. The summed E-state index contributed by atoms with van der Waals surface area (Å²) in [7, 11) is 1.68. The minimum Gasteiger partial charge on any atom is -0.497 e. The van der Waals surface area contributed by atoms with Crippen molar-refractivity contribution in [3.05, 3.63) is 29.8 Å². The van der Waals surface area contributed by atoms with Crippen LogP contribution in [0.2, 0.25) is 0 Å². The van der Waals surface area contributed by atoms with Crippen molar-refractivity contribution < 1.29 is 9.53 Å². The zero-order valence-corrected chi connectivity index (χ0v) is 14.1. The lowest BCUT2D eigenvalue weighted by molar-refractivity contribution is -0.132. The molecule has 1 aliphatic heterocycles. The van der Waals surface area contributed by atoms with Gasteiger partial charge in [0.25, 0.3) is 0 Å². The molecule has 1 saturated heterocycles. The Kier molecular flexibility index (Phi) is 5.55. The summed E-state index contributed by atoms with van der Waals surface area (Å²) in [6.07, 6.45) is 6.51.